The van der Waals surface area contributed by atoms with Crippen LogP contribution in [-0.4, -0.2) is 21.9 Å². The molecule has 28 heavy (non-hydrogen) atoms. The van der Waals surface area contributed by atoms with E-state index in [0.29, 0.717) is 11.3 Å². The molecule has 0 aliphatic heterocycles. The van der Waals surface area contributed by atoms with Crippen LogP contribution in [0.2, 0.25) is 0 Å². The van der Waals surface area contributed by atoms with Crippen LogP contribution >= 0.6 is 0 Å². The van der Waals surface area contributed by atoms with E-state index in [1.54, 1.807) is 18.0 Å². The normalized spacial score (nSPS) is 15.3. The Morgan fingerprint density at radius 3 is 2.57 bits per heavy atom. The summed E-state index contributed by atoms with van der Waals surface area (Å²) in [5.74, 6) is 1.38. The fraction of sp³-hybridized carbons (Fsp3) is 0.304. The number of methoxy groups -OCH3 is 1. The molecule has 1 aliphatic carbocycles. The molecule has 0 saturated heterocycles. The van der Waals surface area contributed by atoms with E-state index in [-0.39, 0.29) is 5.56 Å². The average Bonchev–Trinajstić information content (AvgIpc) is 3.11. The zero-order valence-corrected chi connectivity index (χ0v) is 15.9. The average molecular weight is 373 g/mol. The minimum absolute atomic E-state index is 0.0855. The van der Waals surface area contributed by atoms with Gasteiger partial charge in [-0.1, -0.05) is 25.3 Å². The molecule has 2 aromatic carbocycles. The first kappa shape index (κ1) is 17.0. The number of rotatable bonds is 3. The number of hydrogen-bond donors (Lipinski definition) is 1. The number of benzene rings is 2. The highest BCUT2D eigenvalue weighted by Crippen LogP contribution is 2.34. The van der Waals surface area contributed by atoms with Crippen molar-refractivity contribution in [2.45, 2.75) is 38.0 Å². The largest absolute Gasteiger partial charge is 0.497 e. The van der Waals surface area contributed by atoms with Crippen molar-refractivity contribution in [2.24, 2.45) is 0 Å². The number of aromatic amines is 1. The van der Waals surface area contributed by atoms with Gasteiger partial charge in [0.05, 0.1) is 29.2 Å². The second-order valence-corrected chi connectivity index (χ2v) is 7.61. The molecule has 142 valence electrons. The van der Waals surface area contributed by atoms with Gasteiger partial charge >= 0.3 is 0 Å². The quantitative estimate of drug-likeness (QED) is 0.554. The molecule has 5 nitrogen and oxygen atoms in total. The molecule has 1 aliphatic rings. The van der Waals surface area contributed by atoms with Crippen LogP contribution in [0.25, 0.3) is 27.5 Å². The summed E-state index contributed by atoms with van der Waals surface area (Å²) in [6.45, 7) is 0. The van der Waals surface area contributed by atoms with Crippen molar-refractivity contribution in [1.82, 2.24) is 14.8 Å². The summed E-state index contributed by atoms with van der Waals surface area (Å²) in [5.41, 5.74) is 3.81. The number of H-pyrrole nitrogens is 1. The van der Waals surface area contributed by atoms with E-state index in [1.807, 2.05) is 24.3 Å². The number of nitrogens with zero attached hydrogens (tertiary/aromatic N) is 2. The summed E-state index contributed by atoms with van der Waals surface area (Å²) in [7, 11) is 1.63. The summed E-state index contributed by atoms with van der Waals surface area (Å²) in [6.07, 6.45) is 8.12. The van der Waals surface area contributed by atoms with Crippen molar-refractivity contribution in [2.75, 3.05) is 7.11 Å². The first-order chi connectivity index (χ1) is 13.7. The van der Waals surface area contributed by atoms with Crippen LogP contribution in [-0.2, 0) is 0 Å². The van der Waals surface area contributed by atoms with Gasteiger partial charge in [0, 0.05) is 11.6 Å². The highest BCUT2D eigenvalue weighted by atomic mass is 16.5. The highest BCUT2D eigenvalue weighted by Gasteiger charge is 2.18. The third kappa shape index (κ3) is 2.78. The highest BCUT2D eigenvalue weighted by molar-refractivity contribution is 6.03. The number of pyridine rings is 1. The van der Waals surface area contributed by atoms with Gasteiger partial charge in [0.25, 0.3) is 5.56 Å². The predicted octanol–water partition coefficient (Wildman–Crippen LogP) is 4.92. The van der Waals surface area contributed by atoms with Crippen LogP contribution in [0.3, 0.4) is 0 Å². The molecule has 0 amide bonds. The first-order valence-corrected chi connectivity index (χ1v) is 9.92. The van der Waals surface area contributed by atoms with Gasteiger partial charge in [-0.25, -0.2) is 4.68 Å². The lowest BCUT2D eigenvalue weighted by Gasteiger charge is -2.22. The van der Waals surface area contributed by atoms with Gasteiger partial charge in [-0.15, -0.1) is 0 Å². The van der Waals surface area contributed by atoms with Crippen molar-refractivity contribution >= 4 is 21.8 Å². The van der Waals surface area contributed by atoms with E-state index in [4.69, 9.17) is 4.74 Å². The summed E-state index contributed by atoms with van der Waals surface area (Å²) in [6, 6.07) is 14.0. The molecule has 0 radical (unpaired) electrons. The van der Waals surface area contributed by atoms with E-state index in [2.05, 4.69) is 28.3 Å². The van der Waals surface area contributed by atoms with Gasteiger partial charge in [-0.05, 0) is 60.7 Å². The van der Waals surface area contributed by atoms with E-state index in [0.717, 1.165) is 27.9 Å². The maximum atomic E-state index is 13.0. The lowest BCUT2D eigenvalue weighted by molar-refractivity contribution is 0.414. The van der Waals surface area contributed by atoms with Crippen LogP contribution in [0.4, 0.5) is 0 Å². The number of hydrogen-bond acceptors (Lipinski definition) is 3. The zero-order valence-electron chi connectivity index (χ0n) is 15.9. The molecule has 5 rings (SSSR count). The van der Waals surface area contributed by atoms with Gasteiger partial charge in [-0.2, -0.15) is 0 Å². The molecule has 0 spiro atoms. The van der Waals surface area contributed by atoms with Crippen LogP contribution in [0.15, 0.2) is 53.5 Å². The second kappa shape index (κ2) is 6.82. The lowest BCUT2D eigenvalue weighted by Crippen LogP contribution is -2.14. The van der Waals surface area contributed by atoms with Crippen LogP contribution in [0, 0.1) is 0 Å². The fourth-order valence-electron chi connectivity index (χ4n) is 4.38. The smallest absolute Gasteiger partial charge is 0.280 e. The standard InChI is InChI=1S/C23H23N3O2/c1-28-18-10-8-17(9-11-18)26-23(27)20-14-24-21-12-7-16(13-19(21)22(20)25-26)15-5-3-2-4-6-15/h7-15,25H,2-6H2,1H3. The maximum absolute atomic E-state index is 13.0. The summed E-state index contributed by atoms with van der Waals surface area (Å²) in [4.78, 5) is 17.5. The predicted molar refractivity (Wildman–Crippen MR) is 112 cm³/mol. The summed E-state index contributed by atoms with van der Waals surface area (Å²) >= 11 is 0. The molecule has 0 atom stereocenters. The van der Waals surface area contributed by atoms with Crippen molar-refractivity contribution in [1.29, 1.82) is 0 Å². The van der Waals surface area contributed by atoms with E-state index < -0.39 is 0 Å². The third-order valence-electron chi connectivity index (χ3n) is 5.96. The number of aromatic nitrogens is 3. The van der Waals surface area contributed by atoms with E-state index >= 15 is 0 Å². The topological polar surface area (TPSA) is 59.9 Å². The molecular formula is C23H23N3O2. The van der Waals surface area contributed by atoms with Gasteiger partial charge in [-0.3, -0.25) is 14.9 Å². The first-order valence-electron chi connectivity index (χ1n) is 9.92. The summed E-state index contributed by atoms with van der Waals surface area (Å²) < 4.78 is 6.80. The van der Waals surface area contributed by atoms with Crippen LogP contribution in [0.1, 0.15) is 43.6 Å². The van der Waals surface area contributed by atoms with Gasteiger partial charge in [0.1, 0.15) is 5.75 Å². The Kier molecular flexibility index (Phi) is 4.15. The SMILES string of the molecule is COc1ccc(-n2[nH]c3c(cnc4ccc(C5CCCCC5)cc43)c2=O)cc1. The van der Waals surface area contributed by atoms with Crippen molar-refractivity contribution in [3.05, 3.63) is 64.6 Å². The second-order valence-electron chi connectivity index (χ2n) is 7.61. The van der Waals surface area contributed by atoms with Crippen molar-refractivity contribution in [3.63, 3.8) is 0 Å². The summed E-state index contributed by atoms with van der Waals surface area (Å²) in [5, 5.41) is 4.95. The number of ether oxygens (including phenoxy) is 1. The zero-order chi connectivity index (χ0) is 19.1. The fourth-order valence-corrected chi connectivity index (χ4v) is 4.38. The lowest BCUT2D eigenvalue weighted by atomic mass is 9.83. The molecule has 2 aromatic heterocycles. The Hall–Kier alpha value is -3.08. The van der Waals surface area contributed by atoms with Gasteiger partial charge in [0.15, 0.2) is 0 Å². The molecule has 1 fully saturated rings. The van der Waals surface area contributed by atoms with Crippen LogP contribution < -0.4 is 10.3 Å². The Labute approximate surface area is 163 Å². The number of fused-ring (bicyclic) bond motifs is 3. The van der Waals surface area contributed by atoms with Gasteiger partial charge in [0.2, 0.25) is 0 Å². The Morgan fingerprint density at radius 1 is 1.04 bits per heavy atom. The number of nitrogens with one attached hydrogen (secondary N) is 1. The molecule has 0 bridgehead atoms. The molecular weight excluding hydrogens is 350 g/mol. The van der Waals surface area contributed by atoms with Crippen LogP contribution in [0.5, 0.6) is 5.75 Å². The Bertz CT molecular complexity index is 1200. The van der Waals surface area contributed by atoms with E-state index in [1.165, 1.54) is 37.7 Å². The molecule has 1 N–H and O–H groups in total. The van der Waals surface area contributed by atoms with E-state index in [9.17, 15) is 4.79 Å². The minimum atomic E-state index is -0.0855. The molecule has 4 aromatic rings. The Morgan fingerprint density at radius 2 is 1.82 bits per heavy atom. The Balaban J connectivity index is 1.67. The molecule has 5 heteroatoms. The van der Waals surface area contributed by atoms with Crippen molar-refractivity contribution < 1.29 is 4.74 Å². The monoisotopic (exact) mass is 373 g/mol. The molecule has 2 heterocycles. The molecule has 0 unspecified atom stereocenters. The minimum Gasteiger partial charge on any atom is -0.497 e. The van der Waals surface area contributed by atoms with Crippen molar-refractivity contribution in [3.8, 4) is 11.4 Å². The molecule has 1 saturated carbocycles. The third-order valence-corrected chi connectivity index (χ3v) is 5.96. The maximum Gasteiger partial charge on any atom is 0.280 e. The van der Waals surface area contributed by atoms with Gasteiger partial charge < -0.3 is 4.74 Å².